The Labute approximate surface area is 168 Å². The second kappa shape index (κ2) is 7.37. The number of fused-ring (bicyclic) bond motifs is 2. The Bertz CT molecular complexity index is 826. The van der Waals surface area contributed by atoms with E-state index in [0.29, 0.717) is 12.8 Å². The van der Waals surface area contributed by atoms with Gasteiger partial charge >= 0.3 is 11.9 Å². The van der Waals surface area contributed by atoms with Gasteiger partial charge in [0.1, 0.15) is 5.60 Å². The Morgan fingerprint density at radius 3 is 2.31 bits per heavy atom. The SMILES string of the molecule is CC(C)(C)OC(=O)[C@](N)(C(=O)O)C1CC2CCC(C1)N2C(=O)c1ccnc(F)c1. The van der Waals surface area contributed by atoms with Gasteiger partial charge in [-0.25, -0.2) is 14.6 Å². The summed E-state index contributed by atoms with van der Waals surface area (Å²) in [6.45, 7) is 4.93. The van der Waals surface area contributed by atoms with E-state index in [-0.39, 0.29) is 36.4 Å². The number of carbonyl (C=O) groups is 3. The van der Waals surface area contributed by atoms with Crippen molar-refractivity contribution < 1.29 is 28.6 Å². The molecule has 2 aliphatic heterocycles. The minimum Gasteiger partial charge on any atom is -0.479 e. The number of halogens is 1. The lowest BCUT2D eigenvalue weighted by atomic mass is 9.75. The molecule has 3 heterocycles. The monoisotopic (exact) mass is 407 g/mol. The third-order valence-electron chi connectivity index (χ3n) is 5.68. The largest absolute Gasteiger partial charge is 0.479 e. The van der Waals surface area contributed by atoms with Crippen LogP contribution in [0.2, 0.25) is 0 Å². The van der Waals surface area contributed by atoms with E-state index in [9.17, 15) is 23.9 Å². The van der Waals surface area contributed by atoms with Crippen molar-refractivity contribution in [3.63, 3.8) is 0 Å². The molecular formula is C20H26FN3O5. The summed E-state index contributed by atoms with van der Waals surface area (Å²) >= 11 is 0. The zero-order chi connectivity index (χ0) is 21.6. The Hall–Kier alpha value is -2.55. The summed E-state index contributed by atoms with van der Waals surface area (Å²) in [4.78, 5) is 42.7. The summed E-state index contributed by atoms with van der Waals surface area (Å²) < 4.78 is 18.7. The molecule has 2 unspecified atom stereocenters. The highest BCUT2D eigenvalue weighted by Gasteiger charge is 2.57. The molecule has 2 fully saturated rings. The van der Waals surface area contributed by atoms with Gasteiger partial charge in [0, 0.05) is 35.8 Å². The van der Waals surface area contributed by atoms with Gasteiger partial charge in [0.15, 0.2) is 0 Å². The van der Waals surface area contributed by atoms with Crippen LogP contribution < -0.4 is 5.73 Å². The molecule has 3 N–H and O–H groups in total. The van der Waals surface area contributed by atoms with Crippen LogP contribution in [0.15, 0.2) is 18.3 Å². The molecule has 1 amide bonds. The summed E-state index contributed by atoms with van der Waals surface area (Å²) in [5.41, 5.74) is 3.26. The lowest BCUT2D eigenvalue weighted by Gasteiger charge is -2.43. The highest BCUT2D eigenvalue weighted by atomic mass is 19.1. The molecule has 2 bridgehead atoms. The fraction of sp³-hybridized carbons (Fsp3) is 0.600. The van der Waals surface area contributed by atoms with Crippen LogP contribution in [0.1, 0.15) is 56.8 Å². The van der Waals surface area contributed by atoms with Crippen molar-refractivity contribution in [2.45, 2.75) is 69.7 Å². The second-order valence-electron chi connectivity index (χ2n) is 8.81. The van der Waals surface area contributed by atoms with Crippen molar-refractivity contribution in [2.24, 2.45) is 11.7 Å². The standard InChI is InChI=1S/C20H26FN3O5/c1-19(2,3)29-18(28)20(22,17(26)27)12-9-13-4-5-14(10-12)24(13)16(25)11-6-7-23-15(21)8-11/h6-8,12-14H,4-5,9-10,22H2,1-3H3,(H,26,27)/t12?,13?,14?,20-/m1/s1. The molecule has 1 aromatic heterocycles. The molecule has 9 heteroatoms. The molecule has 3 rings (SSSR count). The molecule has 2 saturated heterocycles. The van der Waals surface area contributed by atoms with Gasteiger partial charge in [-0.15, -0.1) is 0 Å². The first-order valence-electron chi connectivity index (χ1n) is 9.63. The van der Waals surface area contributed by atoms with E-state index in [1.807, 2.05) is 0 Å². The summed E-state index contributed by atoms with van der Waals surface area (Å²) in [6.07, 6.45) is 3.10. The molecule has 0 aliphatic carbocycles. The van der Waals surface area contributed by atoms with Crippen LogP contribution in [0, 0.1) is 11.9 Å². The van der Waals surface area contributed by atoms with Gasteiger partial charge in [-0.3, -0.25) is 4.79 Å². The van der Waals surface area contributed by atoms with Gasteiger partial charge in [-0.2, -0.15) is 4.39 Å². The Balaban J connectivity index is 1.83. The number of esters is 1. The molecule has 0 saturated carbocycles. The van der Waals surface area contributed by atoms with Crippen molar-refractivity contribution in [2.75, 3.05) is 0 Å². The number of aromatic nitrogens is 1. The fourth-order valence-electron chi connectivity index (χ4n) is 4.36. The van der Waals surface area contributed by atoms with E-state index in [4.69, 9.17) is 10.5 Å². The number of carbonyl (C=O) groups excluding carboxylic acids is 2. The molecule has 8 nitrogen and oxygen atoms in total. The minimum absolute atomic E-state index is 0.192. The number of hydrogen-bond acceptors (Lipinski definition) is 6. The summed E-state index contributed by atoms with van der Waals surface area (Å²) in [7, 11) is 0. The molecule has 158 valence electrons. The van der Waals surface area contributed by atoms with Crippen LogP contribution in [-0.4, -0.2) is 56.1 Å². The van der Waals surface area contributed by atoms with Crippen LogP contribution in [-0.2, 0) is 14.3 Å². The molecular weight excluding hydrogens is 381 g/mol. The second-order valence-corrected chi connectivity index (χ2v) is 8.81. The van der Waals surface area contributed by atoms with E-state index >= 15 is 0 Å². The predicted molar refractivity (Wildman–Crippen MR) is 100 cm³/mol. The number of amides is 1. The summed E-state index contributed by atoms with van der Waals surface area (Å²) in [5.74, 6) is -4.15. The maximum Gasteiger partial charge on any atom is 0.338 e. The smallest absolute Gasteiger partial charge is 0.338 e. The van der Waals surface area contributed by atoms with Gasteiger partial charge in [0.05, 0.1) is 0 Å². The first-order valence-corrected chi connectivity index (χ1v) is 9.63. The van der Waals surface area contributed by atoms with E-state index in [1.54, 1.807) is 25.7 Å². The molecule has 29 heavy (non-hydrogen) atoms. The van der Waals surface area contributed by atoms with Crippen LogP contribution in [0.25, 0.3) is 0 Å². The highest BCUT2D eigenvalue weighted by molar-refractivity contribution is 6.04. The van der Waals surface area contributed by atoms with Crippen LogP contribution in [0.3, 0.4) is 0 Å². The van der Waals surface area contributed by atoms with Crippen LogP contribution >= 0.6 is 0 Å². The van der Waals surface area contributed by atoms with E-state index in [1.165, 1.54) is 12.3 Å². The zero-order valence-corrected chi connectivity index (χ0v) is 16.7. The number of nitrogens with zero attached hydrogens (tertiary/aromatic N) is 2. The number of nitrogens with two attached hydrogens (primary N) is 1. The Kier molecular flexibility index (Phi) is 5.38. The van der Waals surface area contributed by atoms with Gasteiger partial charge in [-0.1, -0.05) is 0 Å². The normalized spacial score (nSPS) is 26.0. The van der Waals surface area contributed by atoms with Crippen molar-refractivity contribution in [1.82, 2.24) is 9.88 Å². The first kappa shape index (κ1) is 21.2. The minimum atomic E-state index is -2.19. The Morgan fingerprint density at radius 1 is 1.24 bits per heavy atom. The number of aliphatic carboxylic acids is 1. The topological polar surface area (TPSA) is 123 Å². The van der Waals surface area contributed by atoms with E-state index < -0.39 is 34.9 Å². The zero-order valence-electron chi connectivity index (χ0n) is 16.7. The number of pyridine rings is 1. The molecule has 0 aromatic carbocycles. The summed E-state index contributed by atoms with van der Waals surface area (Å²) in [6, 6.07) is 1.99. The maximum atomic E-state index is 13.4. The van der Waals surface area contributed by atoms with Crippen molar-refractivity contribution >= 4 is 17.8 Å². The van der Waals surface area contributed by atoms with Crippen molar-refractivity contribution in [3.05, 3.63) is 29.8 Å². The fourth-order valence-corrected chi connectivity index (χ4v) is 4.36. The average molecular weight is 407 g/mol. The lowest BCUT2D eigenvalue weighted by molar-refractivity contribution is -0.173. The molecule has 3 atom stereocenters. The lowest BCUT2D eigenvalue weighted by Crippen LogP contribution is -2.65. The van der Waals surface area contributed by atoms with Gasteiger partial charge in [0.25, 0.3) is 5.91 Å². The third kappa shape index (κ3) is 3.96. The number of piperidine rings is 1. The van der Waals surface area contributed by atoms with E-state index in [0.717, 1.165) is 6.07 Å². The highest BCUT2D eigenvalue weighted by Crippen LogP contribution is 2.43. The third-order valence-corrected chi connectivity index (χ3v) is 5.68. The van der Waals surface area contributed by atoms with E-state index in [2.05, 4.69) is 4.98 Å². The number of carboxylic acids is 1. The summed E-state index contributed by atoms with van der Waals surface area (Å²) in [5, 5.41) is 9.77. The number of rotatable bonds is 4. The first-order chi connectivity index (χ1) is 13.4. The molecule has 2 aliphatic rings. The number of hydrogen-bond donors (Lipinski definition) is 2. The van der Waals surface area contributed by atoms with Gasteiger partial charge < -0.3 is 20.5 Å². The maximum absolute atomic E-state index is 13.4. The number of carboxylic acid groups (broad SMARTS) is 1. The molecule has 0 spiro atoms. The quantitative estimate of drug-likeness (QED) is 0.443. The Morgan fingerprint density at radius 2 is 1.83 bits per heavy atom. The molecule has 0 radical (unpaired) electrons. The van der Waals surface area contributed by atoms with Gasteiger partial charge in [-0.05, 0) is 52.5 Å². The molecule has 1 aromatic rings. The number of ether oxygens (including phenoxy) is 1. The predicted octanol–water partition coefficient (Wildman–Crippen LogP) is 1.73. The van der Waals surface area contributed by atoms with Gasteiger partial charge in [0.2, 0.25) is 11.5 Å². The average Bonchev–Trinajstić information content (AvgIpc) is 2.87. The van der Waals surface area contributed by atoms with Crippen molar-refractivity contribution in [1.29, 1.82) is 0 Å². The van der Waals surface area contributed by atoms with Crippen LogP contribution in [0.5, 0.6) is 0 Å². The van der Waals surface area contributed by atoms with Crippen LogP contribution in [0.4, 0.5) is 4.39 Å². The van der Waals surface area contributed by atoms with Crippen molar-refractivity contribution in [3.8, 4) is 0 Å².